The second-order valence-corrected chi connectivity index (χ2v) is 5.59. The van der Waals surface area contributed by atoms with Crippen LogP contribution in [0.3, 0.4) is 0 Å². The summed E-state index contributed by atoms with van der Waals surface area (Å²) in [5.41, 5.74) is 8.33. The smallest absolute Gasteiger partial charge is 0.402 e. The van der Waals surface area contributed by atoms with Gasteiger partial charge in [-0.25, -0.2) is 4.31 Å². The van der Waals surface area contributed by atoms with Crippen molar-refractivity contribution < 1.29 is 12.3 Å². The minimum Gasteiger partial charge on any atom is -0.402 e. The van der Waals surface area contributed by atoms with Crippen molar-refractivity contribution in [3.8, 4) is 0 Å². The van der Waals surface area contributed by atoms with Crippen LogP contribution >= 0.6 is 0 Å². The number of allylic oxidation sites excluding steroid dienone is 4. The number of fused-ring (bicyclic) bond motifs is 2. The Morgan fingerprint density at radius 2 is 1.95 bits per heavy atom. The maximum Gasteiger partial charge on any atom is 0.403 e. The summed E-state index contributed by atoms with van der Waals surface area (Å²) in [5, 5.41) is 0. The van der Waals surface area contributed by atoms with Gasteiger partial charge in [-0.1, -0.05) is 22.1 Å². The average molecular weight is 278 g/mol. The molecule has 3 rings (SSSR count). The van der Waals surface area contributed by atoms with E-state index in [1.807, 2.05) is 6.08 Å². The normalized spacial score (nSPS) is 17.9. The molecule has 2 aliphatic rings. The second kappa shape index (κ2) is 3.96. The molecule has 0 saturated heterocycles. The van der Waals surface area contributed by atoms with Crippen LogP contribution in [-0.2, 0) is 10.4 Å². The fourth-order valence-corrected chi connectivity index (χ4v) is 3.15. The summed E-state index contributed by atoms with van der Waals surface area (Å²) in [5.74, 6) is 0. The van der Waals surface area contributed by atoms with Crippen molar-refractivity contribution in [2.45, 2.75) is 6.42 Å². The number of nitrogens with two attached hydrogens (primary N) is 1. The molecule has 1 aliphatic carbocycles. The predicted molar refractivity (Wildman–Crippen MR) is 71.9 cm³/mol. The van der Waals surface area contributed by atoms with Gasteiger partial charge in [0.2, 0.25) is 0 Å². The van der Waals surface area contributed by atoms with E-state index in [2.05, 4.69) is 0 Å². The van der Waals surface area contributed by atoms with Crippen molar-refractivity contribution >= 4 is 22.2 Å². The van der Waals surface area contributed by atoms with Gasteiger partial charge in [-0.05, 0) is 35.4 Å². The van der Waals surface area contributed by atoms with E-state index in [0.717, 1.165) is 4.31 Å². The predicted octanol–water partition coefficient (Wildman–Crippen LogP) is 2.23. The van der Waals surface area contributed by atoms with Crippen LogP contribution in [-0.4, -0.2) is 8.42 Å². The molecule has 0 bridgehead atoms. The number of anilines is 1. The van der Waals surface area contributed by atoms with Gasteiger partial charge in [0.15, 0.2) is 0 Å². The Hall–Kier alpha value is -2.08. The number of halogens is 1. The summed E-state index contributed by atoms with van der Waals surface area (Å²) in [6, 6.07) is 6.76. The van der Waals surface area contributed by atoms with E-state index in [9.17, 15) is 12.3 Å². The molecule has 2 N–H and O–H groups in total. The van der Waals surface area contributed by atoms with Crippen LogP contribution in [0.25, 0.3) is 6.08 Å². The Morgan fingerprint density at radius 3 is 2.68 bits per heavy atom. The lowest BCUT2D eigenvalue weighted by Gasteiger charge is -2.31. The van der Waals surface area contributed by atoms with Crippen molar-refractivity contribution in [1.29, 1.82) is 0 Å². The van der Waals surface area contributed by atoms with E-state index in [0.29, 0.717) is 34.6 Å². The lowest BCUT2D eigenvalue weighted by atomic mass is 9.94. The molecule has 0 unspecified atom stereocenters. The number of nitrogens with zero attached hydrogens (tertiary/aromatic N) is 1. The van der Waals surface area contributed by atoms with Crippen LogP contribution in [0.1, 0.15) is 12.0 Å². The monoisotopic (exact) mass is 278 g/mol. The topological polar surface area (TPSA) is 63.4 Å². The summed E-state index contributed by atoms with van der Waals surface area (Å²) in [6.45, 7) is 0. The van der Waals surface area contributed by atoms with Gasteiger partial charge in [0.1, 0.15) is 0 Å². The zero-order chi connectivity index (χ0) is 13.6. The largest absolute Gasteiger partial charge is 0.403 e. The number of rotatable bonds is 1. The first-order chi connectivity index (χ1) is 8.97. The summed E-state index contributed by atoms with van der Waals surface area (Å²) in [4.78, 5) is 0. The van der Waals surface area contributed by atoms with Gasteiger partial charge in [-0.15, -0.1) is 0 Å². The molecule has 0 atom stereocenters. The molecule has 0 spiro atoms. The molecule has 0 radical (unpaired) electrons. The fourth-order valence-electron chi connectivity index (χ4n) is 2.33. The highest BCUT2D eigenvalue weighted by molar-refractivity contribution is 7.88. The molecule has 19 heavy (non-hydrogen) atoms. The third kappa shape index (κ3) is 1.94. The van der Waals surface area contributed by atoms with E-state index < -0.39 is 10.4 Å². The molecular weight excluding hydrogens is 267 g/mol. The molecule has 1 aromatic carbocycles. The average Bonchev–Trinajstić information content (AvgIpc) is 2.34. The molecule has 0 fully saturated rings. The summed E-state index contributed by atoms with van der Waals surface area (Å²) >= 11 is 0. The first-order valence-corrected chi connectivity index (χ1v) is 7.02. The number of para-hydroxylation sites is 1. The van der Waals surface area contributed by atoms with E-state index in [4.69, 9.17) is 5.73 Å². The van der Waals surface area contributed by atoms with E-state index in [1.165, 1.54) is 6.08 Å². The Bertz CT molecular complexity index is 748. The lowest BCUT2D eigenvalue weighted by molar-refractivity contribution is 0.550. The Balaban J connectivity index is 2.29. The number of benzene rings is 1. The standard InChI is InChI=1S/C13H11FN2O2S/c14-19(17,18)16-12-4-2-1-3-9(12)7-10-8-11(15)5-6-13(10)16/h1-7H,8,15H2. The van der Waals surface area contributed by atoms with E-state index in [1.54, 1.807) is 30.3 Å². The van der Waals surface area contributed by atoms with Crippen LogP contribution in [0.5, 0.6) is 0 Å². The maximum atomic E-state index is 13.6. The van der Waals surface area contributed by atoms with Gasteiger partial charge >= 0.3 is 10.4 Å². The minimum absolute atomic E-state index is 0.314. The molecular formula is C13H11FN2O2S. The van der Waals surface area contributed by atoms with Gasteiger partial charge in [0.05, 0.1) is 11.4 Å². The Labute approximate surface area is 110 Å². The summed E-state index contributed by atoms with van der Waals surface area (Å²) < 4.78 is 37.2. The van der Waals surface area contributed by atoms with Crippen molar-refractivity contribution in [1.82, 2.24) is 0 Å². The van der Waals surface area contributed by atoms with Gasteiger partial charge in [0, 0.05) is 12.1 Å². The van der Waals surface area contributed by atoms with Crippen molar-refractivity contribution in [2.75, 3.05) is 4.31 Å². The molecule has 1 aromatic rings. The van der Waals surface area contributed by atoms with Crippen molar-refractivity contribution in [2.24, 2.45) is 5.73 Å². The molecule has 0 saturated carbocycles. The molecule has 98 valence electrons. The summed E-state index contributed by atoms with van der Waals surface area (Å²) in [6.07, 6.45) is 5.37. The van der Waals surface area contributed by atoms with E-state index >= 15 is 0 Å². The SMILES string of the molecule is NC1=CC=C2C(=Cc3ccccc3N2S(=O)(=O)F)C1. The highest BCUT2D eigenvalue weighted by Crippen LogP contribution is 2.40. The zero-order valence-electron chi connectivity index (χ0n) is 9.88. The lowest BCUT2D eigenvalue weighted by Crippen LogP contribution is -2.31. The molecule has 1 heterocycles. The first kappa shape index (κ1) is 12.0. The minimum atomic E-state index is -4.87. The van der Waals surface area contributed by atoms with Crippen molar-refractivity contribution in [3.05, 3.63) is 58.9 Å². The molecule has 4 nitrogen and oxygen atoms in total. The highest BCUT2D eigenvalue weighted by atomic mass is 32.3. The van der Waals surface area contributed by atoms with Gasteiger partial charge in [0.25, 0.3) is 0 Å². The van der Waals surface area contributed by atoms with Gasteiger partial charge in [-0.3, -0.25) is 0 Å². The number of hydrogen-bond acceptors (Lipinski definition) is 3. The zero-order valence-corrected chi connectivity index (χ0v) is 10.7. The summed E-state index contributed by atoms with van der Waals surface area (Å²) in [7, 11) is -4.87. The molecule has 0 aromatic heterocycles. The maximum absolute atomic E-state index is 13.6. The van der Waals surface area contributed by atoms with Crippen LogP contribution in [0.4, 0.5) is 9.57 Å². The third-order valence-electron chi connectivity index (χ3n) is 3.10. The van der Waals surface area contributed by atoms with Crippen LogP contribution in [0.2, 0.25) is 0 Å². The molecule has 1 aliphatic heterocycles. The fraction of sp³-hybridized carbons (Fsp3) is 0.0769. The van der Waals surface area contributed by atoms with Crippen molar-refractivity contribution in [3.63, 3.8) is 0 Å². The van der Waals surface area contributed by atoms with Gasteiger partial charge in [-0.2, -0.15) is 8.42 Å². The quantitative estimate of drug-likeness (QED) is 0.801. The third-order valence-corrected chi connectivity index (χ3v) is 3.93. The Kier molecular flexibility index (Phi) is 2.50. The second-order valence-electron chi connectivity index (χ2n) is 4.41. The van der Waals surface area contributed by atoms with Crippen LogP contribution in [0.15, 0.2) is 53.4 Å². The van der Waals surface area contributed by atoms with E-state index in [-0.39, 0.29) is 0 Å². The van der Waals surface area contributed by atoms with Crippen LogP contribution < -0.4 is 10.0 Å². The molecule has 6 heteroatoms. The number of hydrogen-bond donors (Lipinski definition) is 1. The highest BCUT2D eigenvalue weighted by Gasteiger charge is 2.33. The van der Waals surface area contributed by atoms with Crippen LogP contribution in [0, 0.1) is 0 Å². The molecule has 0 amide bonds. The van der Waals surface area contributed by atoms with Gasteiger partial charge < -0.3 is 5.73 Å². The first-order valence-electron chi connectivity index (χ1n) is 5.68. The Morgan fingerprint density at radius 1 is 1.21 bits per heavy atom.